The van der Waals surface area contributed by atoms with Gasteiger partial charge in [-0.15, -0.1) is 0 Å². The number of fused-ring (bicyclic) bond motifs is 2. The molecular weight excluding hydrogens is 288 g/mol. The van der Waals surface area contributed by atoms with Crippen molar-refractivity contribution in [3.63, 3.8) is 0 Å². The van der Waals surface area contributed by atoms with E-state index in [4.69, 9.17) is 9.40 Å². The molecule has 0 unspecified atom stereocenters. The molecule has 0 radical (unpaired) electrons. The van der Waals surface area contributed by atoms with Crippen LogP contribution in [0.5, 0.6) is 0 Å². The van der Waals surface area contributed by atoms with Gasteiger partial charge in [0.1, 0.15) is 11.6 Å². The molecule has 1 fully saturated rings. The summed E-state index contributed by atoms with van der Waals surface area (Å²) >= 11 is 0. The van der Waals surface area contributed by atoms with E-state index in [1.807, 2.05) is 12.3 Å². The quantitative estimate of drug-likeness (QED) is 0.873. The minimum Gasteiger partial charge on any atom is -0.468 e. The van der Waals surface area contributed by atoms with Crippen molar-refractivity contribution < 1.29 is 4.42 Å². The molecule has 2 aliphatic rings. The first-order chi connectivity index (χ1) is 11.2. The van der Waals surface area contributed by atoms with E-state index in [2.05, 4.69) is 34.3 Å². The second kappa shape index (κ2) is 5.80. The van der Waals surface area contributed by atoms with Gasteiger partial charge in [0.15, 0.2) is 0 Å². The van der Waals surface area contributed by atoms with Crippen LogP contribution in [0.4, 0.5) is 0 Å². The third-order valence-electron chi connectivity index (χ3n) is 5.69. The molecule has 0 amide bonds. The van der Waals surface area contributed by atoms with Gasteiger partial charge in [0.25, 0.3) is 0 Å². The lowest BCUT2D eigenvalue weighted by Gasteiger charge is -2.50. The number of furan rings is 1. The van der Waals surface area contributed by atoms with Crippen molar-refractivity contribution in [2.24, 2.45) is 0 Å². The number of hydrogen-bond donors (Lipinski definition) is 0. The van der Waals surface area contributed by atoms with Crippen molar-refractivity contribution in [2.45, 2.75) is 45.3 Å². The minimum absolute atomic E-state index is 0.126. The minimum atomic E-state index is 0.126. The molecule has 5 heteroatoms. The van der Waals surface area contributed by atoms with Crippen LogP contribution in [0.2, 0.25) is 0 Å². The number of hydrogen-bond acceptors (Lipinski definition) is 4. The van der Waals surface area contributed by atoms with Crippen LogP contribution < -0.4 is 0 Å². The highest BCUT2D eigenvalue weighted by atomic mass is 16.3. The van der Waals surface area contributed by atoms with Crippen LogP contribution in [-0.2, 0) is 18.6 Å². The predicted molar refractivity (Wildman–Crippen MR) is 89.1 cm³/mol. The summed E-state index contributed by atoms with van der Waals surface area (Å²) in [7, 11) is 0. The van der Waals surface area contributed by atoms with E-state index in [0.29, 0.717) is 0 Å². The Bertz CT molecular complexity index is 653. The van der Waals surface area contributed by atoms with Crippen molar-refractivity contribution in [2.75, 3.05) is 26.2 Å². The highest BCUT2D eigenvalue weighted by molar-refractivity contribution is 5.18. The van der Waals surface area contributed by atoms with E-state index in [1.54, 1.807) is 6.26 Å². The van der Waals surface area contributed by atoms with Crippen molar-refractivity contribution >= 4 is 0 Å². The number of likely N-dealkylation sites (tertiary alicyclic amines) is 1. The van der Waals surface area contributed by atoms with Gasteiger partial charge in [-0.25, -0.2) is 4.98 Å². The lowest BCUT2D eigenvalue weighted by atomic mass is 9.83. The Kier molecular flexibility index (Phi) is 3.77. The number of imidazole rings is 1. The Morgan fingerprint density at radius 3 is 2.74 bits per heavy atom. The van der Waals surface area contributed by atoms with Gasteiger partial charge in [0, 0.05) is 38.1 Å². The number of aryl methyl sites for hydroxylation is 1. The normalized spacial score (nSPS) is 21.7. The van der Waals surface area contributed by atoms with E-state index in [1.165, 1.54) is 11.5 Å². The van der Waals surface area contributed by atoms with Crippen LogP contribution in [0.3, 0.4) is 0 Å². The van der Waals surface area contributed by atoms with E-state index >= 15 is 0 Å². The molecule has 4 heterocycles. The van der Waals surface area contributed by atoms with Crippen LogP contribution in [0.15, 0.2) is 29.0 Å². The summed E-state index contributed by atoms with van der Waals surface area (Å²) < 4.78 is 7.95. The Hall–Kier alpha value is -1.59. The third kappa shape index (κ3) is 2.42. The Morgan fingerprint density at radius 1 is 1.22 bits per heavy atom. The van der Waals surface area contributed by atoms with Gasteiger partial charge < -0.3 is 8.98 Å². The monoisotopic (exact) mass is 314 g/mol. The number of rotatable bonds is 3. The summed E-state index contributed by atoms with van der Waals surface area (Å²) in [5.41, 5.74) is 1.43. The maximum absolute atomic E-state index is 5.51. The van der Waals surface area contributed by atoms with Crippen LogP contribution in [0.25, 0.3) is 0 Å². The molecule has 2 aliphatic heterocycles. The molecule has 23 heavy (non-hydrogen) atoms. The second-order valence-electron chi connectivity index (χ2n) is 6.84. The van der Waals surface area contributed by atoms with E-state index < -0.39 is 0 Å². The van der Waals surface area contributed by atoms with Crippen molar-refractivity contribution in [1.29, 1.82) is 0 Å². The SMILES string of the molecule is CCN1CCn2c(C)cnc2C12CCN(Cc1ccco1)CC2. The maximum atomic E-state index is 5.51. The zero-order valence-corrected chi connectivity index (χ0v) is 14.2. The highest BCUT2D eigenvalue weighted by Crippen LogP contribution is 2.41. The smallest absolute Gasteiger partial charge is 0.129 e. The first-order valence-electron chi connectivity index (χ1n) is 8.75. The molecule has 124 valence electrons. The highest BCUT2D eigenvalue weighted by Gasteiger charge is 2.46. The fourth-order valence-corrected chi connectivity index (χ4v) is 4.40. The first kappa shape index (κ1) is 15.0. The molecule has 4 rings (SSSR count). The molecule has 0 aromatic carbocycles. The standard InChI is InChI=1S/C18H26N4O/c1-3-21-10-11-22-15(2)13-19-17(22)18(21)6-8-20(9-7-18)14-16-5-4-12-23-16/h4-5,12-13H,3,6-11,14H2,1-2H3. The van der Waals surface area contributed by atoms with Crippen LogP contribution in [0, 0.1) is 6.92 Å². The number of likely N-dealkylation sites (N-methyl/N-ethyl adjacent to an activating group) is 1. The molecule has 5 nitrogen and oxygen atoms in total. The largest absolute Gasteiger partial charge is 0.468 e. The van der Waals surface area contributed by atoms with Gasteiger partial charge in [-0.2, -0.15) is 0 Å². The first-order valence-corrected chi connectivity index (χ1v) is 8.75. The van der Waals surface area contributed by atoms with Gasteiger partial charge in [-0.3, -0.25) is 9.80 Å². The molecule has 2 aromatic rings. The van der Waals surface area contributed by atoms with Crippen molar-refractivity contribution in [1.82, 2.24) is 19.4 Å². The molecule has 0 N–H and O–H groups in total. The van der Waals surface area contributed by atoms with Crippen molar-refractivity contribution in [3.05, 3.63) is 41.9 Å². The Labute approximate surface area is 137 Å². The number of aromatic nitrogens is 2. The lowest BCUT2D eigenvalue weighted by molar-refractivity contribution is -0.00958. The van der Waals surface area contributed by atoms with Gasteiger partial charge in [-0.1, -0.05) is 6.92 Å². The van der Waals surface area contributed by atoms with E-state index in [9.17, 15) is 0 Å². The molecule has 0 saturated carbocycles. The topological polar surface area (TPSA) is 37.4 Å². The summed E-state index contributed by atoms with van der Waals surface area (Å²) in [6.07, 6.45) is 6.11. The fourth-order valence-electron chi connectivity index (χ4n) is 4.40. The summed E-state index contributed by atoms with van der Waals surface area (Å²) in [6.45, 7) is 10.9. The summed E-state index contributed by atoms with van der Waals surface area (Å²) in [4.78, 5) is 9.97. The molecular formula is C18H26N4O. The van der Waals surface area contributed by atoms with Crippen LogP contribution >= 0.6 is 0 Å². The predicted octanol–water partition coefficient (Wildman–Crippen LogP) is 2.61. The third-order valence-corrected chi connectivity index (χ3v) is 5.69. The molecule has 0 atom stereocenters. The van der Waals surface area contributed by atoms with Crippen LogP contribution in [-0.4, -0.2) is 45.5 Å². The second-order valence-corrected chi connectivity index (χ2v) is 6.84. The van der Waals surface area contributed by atoms with E-state index in [0.717, 1.165) is 57.9 Å². The maximum Gasteiger partial charge on any atom is 0.129 e. The zero-order valence-electron chi connectivity index (χ0n) is 14.2. The summed E-state index contributed by atoms with van der Waals surface area (Å²) in [5.74, 6) is 2.36. The van der Waals surface area contributed by atoms with E-state index in [-0.39, 0.29) is 5.54 Å². The average molecular weight is 314 g/mol. The zero-order chi connectivity index (χ0) is 15.9. The number of nitrogens with zero attached hydrogens (tertiary/aromatic N) is 4. The Morgan fingerprint density at radius 2 is 2.04 bits per heavy atom. The molecule has 1 spiro atoms. The van der Waals surface area contributed by atoms with Crippen molar-refractivity contribution in [3.8, 4) is 0 Å². The summed E-state index contributed by atoms with van der Waals surface area (Å²) in [6, 6.07) is 4.04. The molecule has 0 bridgehead atoms. The summed E-state index contributed by atoms with van der Waals surface area (Å²) in [5, 5.41) is 0. The lowest BCUT2D eigenvalue weighted by Crippen LogP contribution is -2.57. The van der Waals surface area contributed by atoms with Gasteiger partial charge in [-0.05, 0) is 38.4 Å². The number of piperidine rings is 1. The van der Waals surface area contributed by atoms with Gasteiger partial charge in [0.2, 0.25) is 0 Å². The van der Waals surface area contributed by atoms with Gasteiger partial charge >= 0.3 is 0 Å². The van der Waals surface area contributed by atoms with Gasteiger partial charge in [0.05, 0.1) is 18.3 Å². The Balaban J connectivity index is 1.56. The molecule has 1 saturated heterocycles. The van der Waals surface area contributed by atoms with Crippen LogP contribution in [0.1, 0.15) is 37.0 Å². The average Bonchev–Trinajstić information content (AvgIpc) is 3.21. The molecule has 2 aromatic heterocycles. The fraction of sp³-hybridized carbons (Fsp3) is 0.611. The molecule has 0 aliphatic carbocycles.